The molecule has 0 unspecified atom stereocenters. The minimum absolute atomic E-state index is 0.194. The second-order valence-electron chi connectivity index (χ2n) is 7.66. The lowest BCUT2D eigenvalue weighted by molar-refractivity contribution is -0.136. The summed E-state index contributed by atoms with van der Waals surface area (Å²) in [5.41, 5.74) is 2.78. The van der Waals surface area contributed by atoms with Gasteiger partial charge in [-0.15, -0.1) is 0 Å². The Hall–Kier alpha value is -3.68. The lowest BCUT2D eigenvalue weighted by Crippen LogP contribution is -2.51. The van der Waals surface area contributed by atoms with Gasteiger partial charge >= 0.3 is 5.97 Å². The number of aromatic nitrogens is 1. The Bertz CT molecular complexity index is 1150. The van der Waals surface area contributed by atoms with Gasteiger partial charge in [-0.25, -0.2) is 4.79 Å². The molecule has 1 aliphatic rings. The molecule has 0 N–H and O–H groups in total. The van der Waals surface area contributed by atoms with Gasteiger partial charge in [0.15, 0.2) is 12.4 Å². The molecular formula is C24H25N3O5. The predicted molar refractivity (Wildman–Crippen MR) is 117 cm³/mol. The van der Waals surface area contributed by atoms with Crippen molar-refractivity contribution in [3.8, 4) is 0 Å². The van der Waals surface area contributed by atoms with E-state index in [4.69, 9.17) is 9.15 Å². The molecule has 0 saturated carbocycles. The molecule has 4 rings (SSSR count). The normalized spacial score (nSPS) is 13.9. The molecule has 2 amide bonds. The van der Waals surface area contributed by atoms with Crippen molar-refractivity contribution in [1.29, 1.82) is 0 Å². The number of fused-ring (bicyclic) bond motifs is 1. The van der Waals surface area contributed by atoms with Crippen LogP contribution in [0.5, 0.6) is 0 Å². The number of amides is 2. The summed E-state index contributed by atoms with van der Waals surface area (Å²) < 4.78 is 10.6. The van der Waals surface area contributed by atoms with E-state index < -0.39 is 5.97 Å². The molecule has 0 spiro atoms. The zero-order chi connectivity index (χ0) is 22.7. The molecule has 32 heavy (non-hydrogen) atoms. The van der Waals surface area contributed by atoms with E-state index in [1.807, 2.05) is 38.1 Å². The van der Waals surface area contributed by atoms with Crippen LogP contribution >= 0.6 is 0 Å². The quantitative estimate of drug-likeness (QED) is 0.572. The van der Waals surface area contributed by atoms with Crippen molar-refractivity contribution in [3.63, 3.8) is 0 Å². The van der Waals surface area contributed by atoms with E-state index in [1.165, 1.54) is 6.26 Å². The molecule has 1 aromatic carbocycles. The smallest absolute Gasteiger partial charge is 0.339 e. The Morgan fingerprint density at radius 2 is 1.75 bits per heavy atom. The van der Waals surface area contributed by atoms with Crippen molar-refractivity contribution in [1.82, 2.24) is 14.8 Å². The van der Waals surface area contributed by atoms with Gasteiger partial charge in [0.2, 0.25) is 0 Å². The number of para-hydroxylation sites is 1. The van der Waals surface area contributed by atoms with E-state index in [-0.39, 0.29) is 24.2 Å². The summed E-state index contributed by atoms with van der Waals surface area (Å²) in [6, 6.07) is 10.7. The van der Waals surface area contributed by atoms with E-state index >= 15 is 0 Å². The van der Waals surface area contributed by atoms with E-state index in [9.17, 15) is 14.4 Å². The number of carbonyl (C=O) groups is 3. The van der Waals surface area contributed by atoms with Crippen molar-refractivity contribution >= 4 is 28.7 Å². The number of aryl methyl sites for hydroxylation is 1. The summed E-state index contributed by atoms with van der Waals surface area (Å²) in [5.74, 6) is -0.726. The van der Waals surface area contributed by atoms with Crippen LogP contribution in [0.3, 0.4) is 0 Å². The monoisotopic (exact) mass is 435 g/mol. The SMILES string of the molecule is CCc1nc2ccccc2c(C(=O)OCC(=O)N2CCN(C(=O)c3ccco3)CC2)c1C. The molecule has 0 atom stereocenters. The molecule has 1 aliphatic heterocycles. The third-order valence-electron chi connectivity index (χ3n) is 5.75. The largest absolute Gasteiger partial charge is 0.459 e. The number of esters is 1. The molecular weight excluding hydrogens is 410 g/mol. The van der Waals surface area contributed by atoms with E-state index in [0.29, 0.717) is 43.5 Å². The third kappa shape index (κ3) is 4.21. The third-order valence-corrected chi connectivity index (χ3v) is 5.75. The number of pyridine rings is 1. The highest BCUT2D eigenvalue weighted by Gasteiger charge is 2.27. The number of hydrogen-bond acceptors (Lipinski definition) is 6. The van der Waals surface area contributed by atoms with Gasteiger partial charge in [0.25, 0.3) is 11.8 Å². The second-order valence-corrected chi connectivity index (χ2v) is 7.66. The maximum Gasteiger partial charge on any atom is 0.339 e. The number of rotatable bonds is 5. The van der Waals surface area contributed by atoms with Crippen LogP contribution in [0.25, 0.3) is 10.9 Å². The zero-order valence-corrected chi connectivity index (χ0v) is 18.2. The van der Waals surface area contributed by atoms with Crippen LogP contribution in [0.4, 0.5) is 0 Å². The summed E-state index contributed by atoms with van der Waals surface area (Å²) in [5, 5.41) is 0.713. The summed E-state index contributed by atoms with van der Waals surface area (Å²) in [7, 11) is 0. The number of carbonyl (C=O) groups excluding carboxylic acids is 3. The van der Waals surface area contributed by atoms with Crippen LogP contribution in [0, 0.1) is 6.92 Å². The van der Waals surface area contributed by atoms with Crippen molar-refractivity contribution in [2.24, 2.45) is 0 Å². The minimum atomic E-state index is -0.532. The highest BCUT2D eigenvalue weighted by Crippen LogP contribution is 2.24. The minimum Gasteiger partial charge on any atom is -0.459 e. The molecule has 1 saturated heterocycles. The fraction of sp³-hybridized carbons (Fsp3) is 0.333. The standard InChI is InChI=1S/C24H25N3O5/c1-3-18-16(2)22(17-7-4-5-8-19(17)25-18)24(30)32-15-21(28)26-10-12-27(13-11-26)23(29)20-9-6-14-31-20/h4-9,14H,3,10-13,15H2,1-2H3. The first kappa shape index (κ1) is 21.5. The van der Waals surface area contributed by atoms with Crippen LogP contribution in [-0.2, 0) is 16.0 Å². The number of hydrogen-bond donors (Lipinski definition) is 0. The van der Waals surface area contributed by atoms with E-state index in [1.54, 1.807) is 21.9 Å². The van der Waals surface area contributed by atoms with Gasteiger partial charge in [-0.1, -0.05) is 25.1 Å². The lowest BCUT2D eigenvalue weighted by atomic mass is 10.0. The van der Waals surface area contributed by atoms with Crippen LogP contribution < -0.4 is 0 Å². The zero-order valence-electron chi connectivity index (χ0n) is 18.2. The fourth-order valence-corrected chi connectivity index (χ4v) is 3.97. The number of benzene rings is 1. The summed E-state index contributed by atoms with van der Waals surface area (Å²) in [4.78, 5) is 45.8. The maximum absolute atomic E-state index is 12.9. The molecule has 0 aliphatic carbocycles. The Morgan fingerprint density at radius 3 is 2.44 bits per heavy atom. The Kier molecular flexibility index (Phi) is 6.20. The molecule has 1 fully saturated rings. The van der Waals surface area contributed by atoms with Gasteiger partial charge in [-0.3, -0.25) is 14.6 Å². The highest BCUT2D eigenvalue weighted by atomic mass is 16.5. The van der Waals surface area contributed by atoms with Gasteiger partial charge in [-0.2, -0.15) is 0 Å². The predicted octanol–water partition coefficient (Wildman–Crippen LogP) is 2.84. The van der Waals surface area contributed by atoms with Crippen LogP contribution in [0.15, 0.2) is 47.1 Å². The average Bonchev–Trinajstić information content (AvgIpc) is 3.36. The van der Waals surface area contributed by atoms with E-state index in [2.05, 4.69) is 4.98 Å². The fourth-order valence-electron chi connectivity index (χ4n) is 3.97. The summed E-state index contributed by atoms with van der Waals surface area (Å²) in [6.45, 7) is 5.04. The van der Waals surface area contributed by atoms with Crippen LogP contribution in [-0.4, -0.2) is 65.4 Å². The van der Waals surface area contributed by atoms with Gasteiger partial charge < -0.3 is 19.0 Å². The van der Waals surface area contributed by atoms with Crippen molar-refractivity contribution in [2.75, 3.05) is 32.8 Å². The number of ether oxygens (including phenoxy) is 1. The molecule has 3 heterocycles. The summed E-state index contributed by atoms with van der Waals surface area (Å²) >= 11 is 0. The first-order valence-electron chi connectivity index (χ1n) is 10.7. The van der Waals surface area contributed by atoms with Crippen LogP contribution in [0.2, 0.25) is 0 Å². The van der Waals surface area contributed by atoms with Gasteiger partial charge in [-0.05, 0) is 37.1 Å². The molecule has 0 radical (unpaired) electrons. The number of nitrogens with zero attached hydrogens (tertiary/aromatic N) is 3. The van der Waals surface area contributed by atoms with Crippen LogP contribution in [0.1, 0.15) is 39.1 Å². The van der Waals surface area contributed by atoms with Gasteiger partial charge in [0, 0.05) is 37.3 Å². The Balaban J connectivity index is 1.38. The Labute approximate surface area is 185 Å². The highest BCUT2D eigenvalue weighted by molar-refractivity contribution is 6.05. The molecule has 2 aromatic heterocycles. The first-order chi connectivity index (χ1) is 15.5. The molecule has 8 heteroatoms. The molecule has 0 bridgehead atoms. The second kappa shape index (κ2) is 9.21. The number of furan rings is 1. The lowest BCUT2D eigenvalue weighted by Gasteiger charge is -2.34. The van der Waals surface area contributed by atoms with Crippen molar-refractivity contribution in [3.05, 3.63) is 65.2 Å². The summed E-state index contributed by atoms with van der Waals surface area (Å²) in [6.07, 6.45) is 2.15. The average molecular weight is 435 g/mol. The Morgan fingerprint density at radius 1 is 1.03 bits per heavy atom. The van der Waals surface area contributed by atoms with E-state index in [0.717, 1.165) is 16.8 Å². The molecule has 3 aromatic rings. The molecule has 8 nitrogen and oxygen atoms in total. The molecule has 166 valence electrons. The topological polar surface area (TPSA) is 93.0 Å². The van der Waals surface area contributed by atoms with Crippen molar-refractivity contribution < 1.29 is 23.5 Å². The number of piperazine rings is 1. The van der Waals surface area contributed by atoms with Crippen molar-refractivity contribution in [2.45, 2.75) is 20.3 Å². The van der Waals surface area contributed by atoms with Gasteiger partial charge in [0.1, 0.15) is 0 Å². The van der Waals surface area contributed by atoms with Gasteiger partial charge in [0.05, 0.1) is 17.3 Å². The first-order valence-corrected chi connectivity index (χ1v) is 10.7. The maximum atomic E-state index is 12.9.